The van der Waals surface area contributed by atoms with E-state index in [1.54, 1.807) is 19.4 Å². The van der Waals surface area contributed by atoms with Gasteiger partial charge in [-0.2, -0.15) is 5.26 Å². The highest BCUT2D eigenvalue weighted by atomic mass is 32.1. The van der Waals surface area contributed by atoms with Crippen molar-refractivity contribution < 1.29 is 9.47 Å². The van der Waals surface area contributed by atoms with Crippen molar-refractivity contribution in [2.75, 3.05) is 20.3 Å². The van der Waals surface area contributed by atoms with Gasteiger partial charge in [0.2, 0.25) is 0 Å². The van der Waals surface area contributed by atoms with Gasteiger partial charge in [-0.1, -0.05) is 0 Å². The summed E-state index contributed by atoms with van der Waals surface area (Å²) in [5.74, 6) is 0.618. The fraction of sp³-hybridized carbons (Fsp3) is 0.238. The highest BCUT2D eigenvalue weighted by Crippen LogP contribution is 2.37. The second-order valence-electron chi connectivity index (χ2n) is 6.56. The van der Waals surface area contributed by atoms with Gasteiger partial charge in [0.05, 0.1) is 45.3 Å². The molecule has 0 saturated heterocycles. The molecule has 0 aliphatic heterocycles. The van der Waals surface area contributed by atoms with Crippen LogP contribution in [0.2, 0.25) is 0 Å². The zero-order valence-electron chi connectivity index (χ0n) is 16.1. The maximum absolute atomic E-state index is 9.56. The van der Waals surface area contributed by atoms with Crippen molar-refractivity contribution in [2.24, 2.45) is 5.73 Å². The highest BCUT2D eigenvalue weighted by Gasteiger charge is 2.16. The van der Waals surface area contributed by atoms with Crippen LogP contribution in [-0.2, 0) is 11.3 Å². The van der Waals surface area contributed by atoms with Crippen LogP contribution in [0.25, 0.3) is 31.8 Å². The van der Waals surface area contributed by atoms with Gasteiger partial charge in [0.25, 0.3) is 0 Å². The first-order valence-corrected chi connectivity index (χ1v) is 9.87. The average Bonchev–Trinajstić information content (AvgIpc) is 3.15. The number of nitriles is 1. The topological polar surface area (TPSA) is 107 Å². The SMILES string of the molecule is COCc1cnc2c(-c3nc4c(C#N)cc(OCCN)cc4s3)cc(C)cc2n1. The number of hydrogen-bond donors (Lipinski definition) is 1. The Hall–Kier alpha value is -3.12. The summed E-state index contributed by atoms with van der Waals surface area (Å²) < 4.78 is 11.7. The number of benzene rings is 2. The van der Waals surface area contributed by atoms with Crippen LogP contribution < -0.4 is 10.5 Å². The first-order valence-electron chi connectivity index (χ1n) is 9.06. The summed E-state index contributed by atoms with van der Waals surface area (Å²) in [4.78, 5) is 14.0. The summed E-state index contributed by atoms with van der Waals surface area (Å²) in [5.41, 5.74) is 10.9. The van der Waals surface area contributed by atoms with Crippen LogP contribution in [0.5, 0.6) is 5.75 Å². The largest absolute Gasteiger partial charge is 0.492 e. The normalized spacial score (nSPS) is 11.1. The maximum atomic E-state index is 9.56. The molecule has 2 aromatic carbocycles. The highest BCUT2D eigenvalue weighted by molar-refractivity contribution is 7.21. The Balaban J connectivity index is 1.88. The van der Waals surface area contributed by atoms with Gasteiger partial charge in [-0.05, 0) is 30.7 Å². The third kappa shape index (κ3) is 3.76. The Bertz CT molecular complexity index is 1250. The Morgan fingerprint density at radius 2 is 2.03 bits per heavy atom. The van der Waals surface area contributed by atoms with Crippen LogP contribution in [-0.4, -0.2) is 35.2 Å². The van der Waals surface area contributed by atoms with E-state index >= 15 is 0 Å². The molecule has 4 aromatic rings. The number of ether oxygens (including phenoxy) is 2. The van der Waals surface area contributed by atoms with Gasteiger partial charge in [-0.25, -0.2) is 9.97 Å². The molecule has 0 aliphatic carbocycles. The van der Waals surface area contributed by atoms with Crippen LogP contribution in [0.1, 0.15) is 16.8 Å². The minimum absolute atomic E-state index is 0.393. The summed E-state index contributed by atoms with van der Waals surface area (Å²) in [6.45, 7) is 3.22. The molecule has 2 aromatic heterocycles. The van der Waals surface area contributed by atoms with Gasteiger partial charge in [0.1, 0.15) is 23.4 Å². The molecule has 0 aliphatic rings. The van der Waals surface area contributed by atoms with Crippen molar-refractivity contribution in [1.82, 2.24) is 15.0 Å². The molecule has 0 saturated carbocycles. The second kappa shape index (κ2) is 8.09. The van der Waals surface area contributed by atoms with Gasteiger partial charge in [0, 0.05) is 25.3 Å². The molecule has 146 valence electrons. The lowest BCUT2D eigenvalue weighted by molar-refractivity contribution is 0.181. The molecule has 2 heterocycles. The van der Waals surface area contributed by atoms with Gasteiger partial charge in [-0.15, -0.1) is 11.3 Å². The molecule has 0 bridgehead atoms. The van der Waals surface area contributed by atoms with Crippen molar-refractivity contribution >= 4 is 32.6 Å². The number of aromatic nitrogens is 3. The first-order chi connectivity index (χ1) is 14.1. The Morgan fingerprint density at radius 3 is 2.79 bits per heavy atom. The van der Waals surface area contributed by atoms with Crippen molar-refractivity contribution in [1.29, 1.82) is 5.26 Å². The molecule has 8 heteroatoms. The number of hydrogen-bond acceptors (Lipinski definition) is 8. The van der Waals surface area contributed by atoms with E-state index in [0.717, 1.165) is 37.6 Å². The zero-order valence-corrected chi connectivity index (χ0v) is 16.9. The van der Waals surface area contributed by atoms with Crippen LogP contribution >= 0.6 is 11.3 Å². The van der Waals surface area contributed by atoms with E-state index in [1.807, 2.05) is 25.1 Å². The maximum Gasteiger partial charge on any atom is 0.126 e. The van der Waals surface area contributed by atoms with Crippen LogP contribution in [0.4, 0.5) is 0 Å². The van der Waals surface area contributed by atoms with Crippen LogP contribution in [0.15, 0.2) is 30.5 Å². The number of aryl methyl sites for hydroxylation is 1. The minimum atomic E-state index is 0.393. The number of thiazole rings is 1. The quantitative estimate of drug-likeness (QED) is 0.522. The van der Waals surface area contributed by atoms with Crippen LogP contribution in [0, 0.1) is 18.3 Å². The lowest BCUT2D eigenvalue weighted by Gasteiger charge is -2.06. The molecular formula is C21H19N5O2S. The van der Waals surface area contributed by atoms with E-state index in [-0.39, 0.29) is 0 Å². The lowest BCUT2D eigenvalue weighted by Crippen LogP contribution is -2.10. The van der Waals surface area contributed by atoms with Gasteiger partial charge in [0.15, 0.2) is 0 Å². The van der Waals surface area contributed by atoms with E-state index in [4.69, 9.17) is 20.2 Å². The molecule has 0 spiro atoms. The summed E-state index contributed by atoms with van der Waals surface area (Å²) in [7, 11) is 1.63. The molecule has 0 atom stereocenters. The smallest absolute Gasteiger partial charge is 0.126 e. The van der Waals surface area contributed by atoms with E-state index < -0.39 is 0 Å². The van der Waals surface area contributed by atoms with Crippen molar-refractivity contribution in [2.45, 2.75) is 13.5 Å². The fourth-order valence-electron chi connectivity index (χ4n) is 3.15. The third-order valence-electron chi connectivity index (χ3n) is 4.34. The zero-order chi connectivity index (χ0) is 20.4. The van der Waals surface area contributed by atoms with E-state index in [0.29, 0.717) is 36.6 Å². The first kappa shape index (κ1) is 19.2. The van der Waals surface area contributed by atoms with Gasteiger partial charge >= 0.3 is 0 Å². The number of fused-ring (bicyclic) bond motifs is 2. The van der Waals surface area contributed by atoms with E-state index in [9.17, 15) is 5.26 Å². The predicted octanol–water partition coefficient (Wildman–Crippen LogP) is 3.57. The summed E-state index contributed by atoms with van der Waals surface area (Å²) in [5, 5.41) is 10.3. The van der Waals surface area contributed by atoms with Crippen molar-refractivity contribution in [3.8, 4) is 22.4 Å². The van der Waals surface area contributed by atoms with Gasteiger partial charge in [-0.3, -0.25) is 4.98 Å². The van der Waals surface area contributed by atoms with E-state index in [1.165, 1.54) is 11.3 Å². The number of rotatable bonds is 6. The van der Waals surface area contributed by atoms with Crippen molar-refractivity contribution in [3.63, 3.8) is 0 Å². The lowest BCUT2D eigenvalue weighted by atomic mass is 10.1. The standard InChI is InChI=1S/C21H19N5O2S/c1-12-5-16(20-17(6-12)25-14(10-24-20)11-27-2)21-26-19-13(9-23)7-15(28-4-3-22)8-18(19)29-21/h5-8,10H,3-4,11,22H2,1-2H3. The summed E-state index contributed by atoms with van der Waals surface area (Å²) >= 11 is 1.50. The third-order valence-corrected chi connectivity index (χ3v) is 5.37. The molecule has 2 N–H and O–H groups in total. The molecule has 0 radical (unpaired) electrons. The Morgan fingerprint density at radius 1 is 1.17 bits per heavy atom. The molecule has 4 rings (SSSR count). The molecule has 7 nitrogen and oxygen atoms in total. The molecule has 0 fully saturated rings. The van der Waals surface area contributed by atoms with Crippen molar-refractivity contribution in [3.05, 3.63) is 47.3 Å². The summed E-state index contributed by atoms with van der Waals surface area (Å²) in [6, 6.07) is 9.85. The number of methoxy groups -OCH3 is 1. The second-order valence-corrected chi connectivity index (χ2v) is 7.59. The monoisotopic (exact) mass is 405 g/mol. The molecule has 29 heavy (non-hydrogen) atoms. The fourth-order valence-corrected chi connectivity index (χ4v) is 4.19. The minimum Gasteiger partial charge on any atom is -0.492 e. The molecule has 0 amide bonds. The summed E-state index contributed by atoms with van der Waals surface area (Å²) in [6.07, 6.45) is 1.72. The number of nitrogens with two attached hydrogens (primary N) is 1. The van der Waals surface area contributed by atoms with Gasteiger partial charge < -0.3 is 15.2 Å². The average molecular weight is 405 g/mol. The molecular weight excluding hydrogens is 386 g/mol. The Kier molecular flexibility index (Phi) is 5.36. The predicted molar refractivity (Wildman–Crippen MR) is 113 cm³/mol. The molecule has 0 unspecified atom stereocenters. The van der Waals surface area contributed by atoms with Crippen LogP contribution in [0.3, 0.4) is 0 Å². The van der Waals surface area contributed by atoms with E-state index in [2.05, 4.69) is 16.0 Å². The number of nitrogens with zero attached hydrogens (tertiary/aromatic N) is 4. The Labute approximate surface area is 171 Å².